The average Bonchev–Trinajstić information content (AvgIpc) is 3.22. The van der Waals surface area contributed by atoms with Crippen LogP contribution >= 0.6 is 11.3 Å². The van der Waals surface area contributed by atoms with Gasteiger partial charge in [-0.05, 0) is 48.8 Å². The van der Waals surface area contributed by atoms with Crippen LogP contribution in [0.25, 0.3) is 10.2 Å². The van der Waals surface area contributed by atoms with E-state index < -0.39 is 0 Å². The fourth-order valence-corrected chi connectivity index (χ4v) is 7.28. The van der Waals surface area contributed by atoms with Crippen molar-refractivity contribution in [3.8, 4) is 0 Å². The van der Waals surface area contributed by atoms with E-state index in [2.05, 4.69) is 94.6 Å². The minimum atomic E-state index is -0.0577. The van der Waals surface area contributed by atoms with Crippen LogP contribution < -0.4 is 4.90 Å². The van der Waals surface area contributed by atoms with Gasteiger partial charge < -0.3 is 9.47 Å². The second-order valence-electron chi connectivity index (χ2n) is 9.80. The first-order valence-corrected chi connectivity index (χ1v) is 10.9. The molecule has 2 aromatic heterocycles. The molecule has 2 nitrogen and oxygen atoms in total. The van der Waals surface area contributed by atoms with Crippen LogP contribution in [0.3, 0.4) is 0 Å². The average molecular weight is 379 g/mol. The van der Waals surface area contributed by atoms with Crippen LogP contribution in [-0.2, 0) is 18.0 Å². The van der Waals surface area contributed by atoms with E-state index in [-0.39, 0.29) is 16.4 Å². The number of thiophene rings is 1. The fraction of sp³-hybridized carbons (Fsp3) is 0.500. The first-order chi connectivity index (χ1) is 12.6. The molecule has 27 heavy (non-hydrogen) atoms. The molecule has 2 atom stereocenters. The normalized spacial score (nSPS) is 27.6. The van der Waals surface area contributed by atoms with Gasteiger partial charge in [-0.3, -0.25) is 0 Å². The third-order valence-corrected chi connectivity index (χ3v) is 9.46. The number of hydrogen-bond donors (Lipinski definition) is 0. The molecule has 0 bridgehead atoms. The minimum Gasteiger partial charge on any atom is -0.353 e. The Labute approximate surface area is 166 Å². The molecule has 4 heterocycles. The summed E-state index contributed by atoms with van der Waals surface area (Å²) in [7, 11) is 2.27. The Morgan fingerprint density at radius 3 is 2.44 bits per heavy atom. The van der Waals surface area contributed by atoms with Crippen LogP contribution in [0.1, 0.15) is 70.0 Å². The molecule has 5 rings (SSSR count). The Kier molecular flexibility index (Phi) is 3.09. The molecule has 0 spiro atoms. The van der Waals surface area contributed by atoms with Gasteiger partial charge in [0.2, 0.25) is 0 Å². The maximum Gasteiger partial charge on any atom is 0.0845 e. The Hall–Kier alpha value is -1.74. The maximum atomic E-state index is 2.76. The first-order valence-electron chi connectivity index (χ1n) is 10.0. The van der Waals surface area contributed by atoms with Crippen LogP contribution in [0.15, 0.2) is 29.6 Å². The zero-order chi connectivity index (χ0) is 19.5. The Bertz CT molecular complexity index is 1100. The van der Waals surface area contributed by atoms with E-state index in [1.54, 1.807) is 5.56 Å². The summed E-state index contributed by atoms with van der Waals surface area (Å²) in [5, 5.41) is 2.24. The van der Waals surface area contributed by atoms with Gasteiger partial charge in [0.1, 0.15) is 0 Å². The van der Waals surface area contributed by atoms with Crippen molar-refractivity contribution in [2.75, 3.05) is 4.90 Å². The molecule has 0 saturated carbocycles. The van der Waals surface area contributed by atoms with E-state index in [1.807, 2.05) is 11.3 Å². The van der Waals surface area contributed by atoms with Crippen molar-refractivity contribution in [3.05, 3.63) is 52.0 Å². The smallest absolute Gasteiger partial charge is 0.0845 e. The maximum absolute atomic E-state index is 2.76. The molecule has 0 fully saturated rings. The third kappa shape index (κ3) is 1.62. The summed E-state index contributed by atoms with van der Waals surface area (Å²) in [5.41, 5.74) is 8.87. The second kappa shape index (κ2) is 4.81. The zero-order valence-corrected chi connectivity index (χ0v) is 18.6. The van der Waals surface area contributed by atoms with Gasteiger partial charge in [0.25, 0.3) is 0 Å². The van der Waals surface area contributed by atoms with Gasteiger partial charge in [-0.15, -0.1) is 11.3 Å². The third-order valence-electron chi connectivity index (χ3n) is 8.52. The van der Waals surface area contributed by atoms with Crippen LogP contribution in [-0.4, -0.2) is 4.57 Å². The highest BCUT2D eigenvalue weighted by Crippen LogP contribution is 2.68. The molecular formula is C24H30N2S. The molecule has 1 unspecified atom stereocenters. The molecule has 142 valence electrons. The number of fused-ring (bicyclic) bond motifs is 7. The molecule has 0 amide bonds. The molecule has 3 heteroatoms. The molecular weight excluding hydrogens is 348 g/mol. The van der Waals surface area contributed by atoms with E-state index in [9.17, 15) is 0 Å². The summed E-state index contributed by atoms with van der Waals surface area (Å²) in [6.45, 7) is 17.0. The van der Waals surface area contributed by atoms with Crippen LogP contribution in [0.2, 0.25) is 0 Å². The quantitative estimate of drug-likeness (QED) is 0.424. The molecule has 3 aromatic rings. The SMILES string of the molecule is Cc1cccc2c1N1[C@@H](C)c3c(n(C)c4ccsc34)C1(C)C(C)(C)C2(C)C. The van der Waals surface area contributed by atoms with Gasteiger partial charge >= 0.3 is 0 Å². The lowest BCUT2D eigenvalue weighted by Crippen LogP contribution is -2.62. The monoisotopic (exact) mass is 378 g/mol. The highest BCUT2D eigenvalue weighted by Gasteiger charge is 2.65. The molecule has 2 aliphatic heterocycles. The largest absolute Gasteiger partial charge is 0.353 e. The van der Waals surface area contributed by atoms with E-state index in [0.717, 1.165) is 0 Å². The number of rotatable bonds is 0. The lowest BCUT2D eigenvalue weighted by atomic mass is 9.52. The lowest BCUT2D eigenvalue weighted by molar-refractivity contribution is 0.0608. The predicted octanol–water partition coefficient (Wildman–Crippen LogP) is 6.66. The number of aryl methyl sites for hydroxylation is 2. The Morgan fingerprint density at radius 1 is 1.04 bits per heavy atom. The summed E-state index contributed by atoms with van der Waals surface area (Å²) < 4.78 is 3.96. The summed E-state index contributed by atoms with van der Waals surface area (Å²) in [6.07, 6.45) is 0. The summed E-state index contributed by atoms with van der Waals surface area (Å²) in [5.74, 6) is 0. The number of anilines is 1. The molecule has 1 aromatic carbocycles. The topological polar surface area (TPSA) is 8.17 Å². The molecule has 0 radical (unpaired) electrons. The van der Waals surface area contributed by atoms with Crippen LogP contribution in [0, 0.1) is 12.3 Å². The fourth-order valence-electron chi connectivity index (χ4n) is 6.23. The van der Waals surface area contributed by atoms with Crippen molar-refractivity contribution < 1.29 is 0 Å². The highest BCUT2D eigenvalue weighted by atomic mass is 32.1. The van der Waals surface area contributed by atoms with E-state index in [4.69, 9.17) is 0 Å². The van der Waals surface area contributed by atoms with Crippen LogP contribution in [0.5, 0.6) is 0 Å². The van der Waals surface area contributed by atoms with Crippen molar-refractivity contribution >= 4 is 27.2 Å². The standard InChI is InChI=1S/C24H30N2S/c1-14-10-9-11-16-19(14)26-15(2)18-20-17(12-13-27-20)25(8)21(18)24(26,7)23(5,6)22(16,3)4/h9-13,15H,1-8H3/t15-,24?/m0/s1. The number of hydrogen-bond acceptors (Lipinski definition) is 2. The Morgan fingerprint density at radius 2 is 1.74 bits per heavy atom. The summed E-state index contributed by atoms with van der Waals surface area (Å²) >= 11 is 1.90. The molecule has 0 N–H and O–H groups in total. The molecule has 0 aliphatic carbocycles. The van der Waals surface area contributed by atoms with E-state index >= 15 is 0 Å². The van der Waals surface area contributed by atoms with Crippen molar-refractivity contribution in [2.45, 2.75) is 65.5 Å². The van der Waals surface area contributed by atoms with E-state index in [0.29, 0.717) is 6.04 Å². The first kappa shape index (κ1) is 17.4. The molecule has 2 aliphatic rings. The van der Waals surface area contributed by atoms with E-state index in [1.165, 1.54) is 32.7 Å². The Balaban J connectivity index is 1.97. The summed E-state index contributed by atoms with van der Waals surface area (Å²) in [6, 6.07) is 9.55. The molecule has 0 saturated heterocycles. The number of benzene rings is 1. The van der Waals surface area contributed by atoms with Crippen molar-refractivity contribution in [2.24, 2.45) is 12.5 Å². The van der Waals surface area contributed by atoms with Gasteiger partial charge in [0.15, 0.2) is 0 Å². The lowest BCUT2D eigenvalue weighted by Gasteiger charge is -2.62. The second-order valence-corrected chi connectivity index (χ2v) is 10.7. The minimum absolute atomic E-state index is 0.0577. The van der Waals surface area contributed by atoms with Gasteiger partial charge in [-0.25, -0.2) is 0 Å². The number of para-hydroxylation sites is 1. The zero-order valence-electron chi connectivity index (χ0n) is 17.8. The van der Waals surface area contributed by atoms with Crippen molar-refractivity contribution in [3.63, 3.8) is 0 Å². The van der Waals surface area contributed by atoms with Crippen LogP contribution in [0.4, 0.5) is 5.69 Å². The van der Waals surface area contributed by atoms with Crippen molar-refractivity contribution in [1.29, 1.82) is 0 Å². The predicted molar refractivity (Wildman–Crippen MR) is 117 cm³/mol. The number of aromatic nitrogens is 1. The summed E-state index contributed by atoms with van der Waals surface area (Å²) in [4.78, 5) is 2.76. The number of nitrogens with zero attached hydrogens (tertiary/aromatic N) is 2. The van der Waals surface area contributed by atoms with Gasteiger partial charge in [0.05, 0.1) is 27.5 Å². The van der Waals surface area contributed by atoms with Gasteiger partial charge in [0, 0.05) is 23.7 Å². The highest BCUT2D eigenvalue weighted by molar-refractivity contribution is 7.17. The van der Waals surface area contributed by atoms with Crippen molar-refractivity contribution in [1.82, 2.24) is 4.57 Å². The van der Waals surface area contributed by atoms with Gasteiger partial charge in [-0.1, -0.05) is 45.9 Å². The van der Waals surface area contributed by atoms with Gasteiger partial charge in [-0.2, -0.15) is 0 Å².